The highest BCUT2D eigenvalue weighted by Gasteiger charge is 2.27. The zero-order chi connectivity index (χ0) is 23.8. The Morgan fingerprint density at radius 3 is 2.62 bits per heavy atom. The Kier molecular flexibility index (Phi) is 5.83. The zero-order valence-electron chi connectivity index (χ0n) is 19.2. The van der Waals surface area contributed by atoms with Crippen molar-refractivity contribution in [3.05, 3.63) is 97.5 Å². The summed E-state index contributed by atoms with van der Waals surface area (Å²) < 4.78 is 1.73. The Labute approximate surface area is 200 Å². The van der Waals surface area contributed by atoms with Crippen molar-refractivity contribution in [2.75, 3.05) is 24.5 Å². The molecule has 1 saturated heterocycles. The van der Waals surface area contributed by atoms with Crippen LogP contribution in [0.5, 0.6) is 0 Å². The number of carbonyl (C=O) groups is 1. The van der Waals surface area contributed by atoms with Crippen molar-refractivity contribution in [2.45, 2.75) is 26.4 Å². The SMILES string of the molecule is Cc1cccc(N2CCN(C(=O)c3ccc(Cn4c(=O)[nH]c5ccsc5c4=O)cc3)C[C@@H]2C)c1. The molecule has 3 heterocycles. The summed E-state index contributed by atoms with van der Waals surface area (Å²) in [6, 6.07) is 17.6. The summed E-state index contributed by atoms with van der Waals surface area (Å²) >= 11 is 1.31. The Morgan fingerprint density at radius 2 is 1.88 bits per heavy atom. The number of aromatic nitrogens is 2. The molecule has 1 aliphatic rings. The molecule has 1 aliphatic heterocycles. The monoisotopic (exact) mass is 474 g/mol. The molecule has 1 fully saturated rings. The largest absolute Gasteiger partial charge is 0.365 e. The first-order chi connectivity index (χ1) is 16.4. The molecule has 1 atom stereocenters. The van der Waals surface area contributed by atoms with Crippen LogP contribution in [0.4, 0.5) is 5.69 Å². The smallest absolute Gasteiger partial charge is 0.329 e. The third-order valence-electron chi connectivity index (χ3n) is 6.38. The van der Waals surface area contributed by atoms with Crippen LogP contribution < -0.4 is 16.1 Å². The van der Waals surface area contributed by atoms with Crippen LogP contribution >= 0.6 is 11.3 Å². The van der Waals surface area contributed by atoms with E-state index in [1.165, 1.54) is 27.2 Å². The van der Waals surface area contributed by atoms with Crippen LogP contribution in [0.1, 0.15) is 28.4 Å². The predicted molar refractivity (Wildman–Crippen MR) is 136 cm³/mol. The van der Waals surface area contributed by atoms with Gasteiger partial charge in [0.05, 0.1) is 12.1 Å². The van der Waals surface area contributed by atoms with Gasteiger partial charge in [-0.3, -0.25) is 14.2 Å². The summed E-state index contributed by atoms with van der Waals surface area (Å²) in [4.78, 5) is 45.2. The molecule has 4 aromatic rings. The maximum absolute atomic E-state index is 13.1. The Balaban J connectivity index is 1.28. The average molecular weight is 475 g/mol. The molecule has 0 aliphatic carbocycles. The van der Waals surface area contributed by atoms with Crippen LogP contribution in [0, 0.1) is 6.92 Å². The van der Waals surface area contributed by atoms with Gasteiger partial charge >= 0.3 is 5.69 Å². The standard InChI is InChI=1S/C26H26N4O3S/c1-17-4-3-5-21(14-17)29-12-11-28(15-18(29)2)24(31)20-8-6-19(7-9-20)16-30-25(32)23-22(10-13-34-23)27-26(30)33/h3-10,13-14,18H,11-12,15-16H2,1-2H3,(H,27,33)/t18-/m0/s1. The summed E-state index contributed by atoms with van der Waals surface area (Å²) in [5, 5.41) is 1.79. The number of carbonyl (C=O) groups excluding carboxylic acids is 1. The molecule has 174 valence electrons. The van der Waals surface area contributed by atoms with E-state index in [-0.39, 0.29) is 24.1 Å². The first-order valence-electron chi connectivity index (χ1n) is 11.3. The molecule has 0 saturated carbocycles. The van der Waals surface area contributed by atoms with Gasteiger partial charge in [-0.2, -0.15) is 0 Å². The highest BCUT2D eigenvalue weighted by atomic mass is 32.1. The number of amides is 1. The van der Waals surface area contributed by atoms with Crippen LogP contribution in [0.3, 0.4) is 0 Å². The van der Waals surface area contributed by atoms with E-state index in [2.05, 4.69) is 48.0 Å². The number of aryl methyl sites for hydroxylation is 1. The quantitative estimate of drug-likeness (QED) is 0.491. The number of H-pyrrole nitrogens is 1. The molecule has 0 spiro atoms. The second-order valence-corrected chi connectivity index (χ2v) is 9.73. The van der Waals surface area contributed by atoms with Crippen molar-refractivity contribution in [1.29, 1.82) is 0 Å². The molecule has 0 bridgehead atoms. The van der Waals surface area contributed by atoms with Gasteiger partial charge in [-0.05, 0) is 60.7 Å². The van der Waals surface area contributed by atoms with Gasteiger partial charge in [-0.25, -0.2) is 4.79 Å². The Morgan fingerprint density at radius 1 is 1.09 bits per heavy atom. The summed E-state index contributed by atoms with van der Waals surface area (Å²) in [6.07, 6.45) is 0. The van der Waals surface area contributed by atoms with Gasteiger partial charge < -0.3 is 14.8 Å². The van der Waals surface area contributed by atoms with E-state index < -0.39 is 5.69 Å². The van der Waals surface area contributed by atoms with E-state index in [4.69, 9.17) is 0 Å². The fourth-order valence-electron chi connectivity index (χ4n) is 4.56. The molecule has 0 unspecified atom stereocenters. The number of rotatable bonds is 4. The highest BCUT2D eigenvalue weighted by molar-refractivity contribution is 7.17. The molecule has 7 nitrogen and oxygen atoms in total. The Bertz CT molecular complexity index is 1470. The van der Waals surface area contributed by atoms with E-state index in [0.717, 1.165) is 12.1 Å². The summed E-state index contributed by atoms with van der Waals surface area (Å²) in [6.45, 7) is 6.48. The molecule has 8 heteroatoms. The first kappa shape index (κ1) is 22.2. The number of fused-ring (bicyclic) bond motifs is 1. The number of thiophene rings is 1. The van der Waals surface area contributed by atoms with E-state index in [9.17, 15) is 14.4 Å². The lowest BCUT2D eigenvalue weighted by atomic mass is 10.1. The third kappa shape index (κ3) is 4.17. The van der Waals surface area contributed by atoms with Gasteiger partial charge in [0.25, 0.3) is 11.5 Å². The summed E-state index contributed by atoms with van der Waals surface area (Å²) in [5.41, 5.74) is 3.64. The third-order valence-corrected chi connectivity index (χ3v) is 7.28. The second kappa shape index (κ2) is 8.95. The van der Waals surface area contributed by atoms with Gasteiger partial charge in [0.15, 0.2) is 0 Å². The maximum Gasteiger partial charge on any atom is 0.329 e. The molecule has 34 heavy (non-hydrogen) atoms. The molecule has 0 radical (unpaired) electrons. The average Bonchev–Trinajstić information content (AvgIpc) is 3.30. The number of hydrogen-bond acceptors (Lipinski definition) is 5. The molecule has 1 amide bonds. The minimum absolute atomic E-state index is 0.00249. The van der Waals surface area contributed by atoms with Crippen molar-refractivity contribution in [1.82, 2.24) is 14.5 Å². The summed E-state index contributed by atoms with van der Waals surface area (Å²) in [7, 11) is 0. The van der Waals surface area contributed by atoms with Crippen molar-refractivity contribution in [2.24, 2.45) is 0 Å². The molecule has 2 aromatic carbocycles. The number of piperazine rings is 1. The number of aromatic amines is 1. The molecular weight excluding hydrogens is 448 g/mol. The lowest BCUT2D eigenvalue weighted by molar-refractivity contribution is 0.0726. The van der Waals surface area contributed by atoms with Crippen molar-refractivity contribution in [3.63, 3.8) is 0 Å². The zero-order valence-corrected chi connectivity index (χ0v) is 20.0. The van der Waals surface area contributed by atoms with Crippen LogP contribution in [0.25, 0.3) is 10.2 Å². The normalized spacial score (nSPS) is 16.2. The first-order valence-corrected chi connectivity index (χ1v) is 12.2. The lowest BCUT2D eigenvalue weighted by Gasteiger charge is -2.41. The Hall–Kier alpha value is -3.65. The minimum Gasteiger partial charge on any atom is -0.365 e. The van der Waals surface area contributed by atoms with E-state index in [1.54, 1.807) is 23.6 Å². The number of nitrogens with one attached hydrogen (secondary N) is 1. The fourth-order valence-corrected chi connectivity index (χ4v) is 5.36. The van der Waals surface area contributed by atoms with Gasteiger partial charge in [-0.15, -0.1) is 11.3 Å². The predicted octanol–water partition coefficient (Wildman–Crippen LogP) is 3.46. The van der Waals surface area contributed by atoms with Gasteiger partial charge in [0, 0.05) is 36.9 Å². The molecule has 1 N–H and O–H groups in total. The number of nitrogens with zero attached hydrogens (tertiary/aromatic N) is 3. The van der Waals surface area contributed by atoms with Crippen molar-refractivity contribution >= 4 is 33.1 Å². The van der Waals surface area contributed by atoms with Crippen molar-refractivity contribution < 1.29 is 4.79 Å². The topological polar surface area (TPSA) is 78.4 Å². The van der Waals surface area contributed by atoms with E-state index in [1.807, 2.05) is 17.0 Å². The molecule has 5 rings (SSSR count). The summed E-state index contributed by atoms with van der Waals surface area (Å²) in [5.74, 6) is -0.00249. The number of benzene rings is 2. The minimum atomic E-state index is -0.434. The highest BCUT2D eigenvalue weighted by Crippen LogP contribution is 2.22. The van der Waals surface area contributed by atoms with Crippen LogP contribution in [0.2, 0.25) is 0 Å². The molecular formula is C26H26N4O3S. The van der Waals surface area contributed by atoms with Crippen LogP contribution in [0.15, 0.2) is 69.6 Å². The van der Waals surface area contributed by atoms with Gasteiger partial charge in [0.1, 0.15) is 4.70 Å². The molecule has 2 aromatic heterocycles. The van der Waals surface area contributed by atoms with Crippen LogP contribution in [-0.2, 0) is 6.54 Å². The number of anilines is 1. The maximum atomic E-state index is 13.1. The van der Waals surface area contributed by atoms with Crippen LogP contribution in [-0.4, -0.2) is 46.0 Å². The number of hydrogen-bond donors (Lipinski definition) is 1. The van der Waals surface area contributed by atoms with Gasteiger partial charge in [-0.1, -0.05) is 24.3 Å². The van der Waals surface area contributed by atoms with Gasteiger partial charge in [0.2, 0.25) is 0 Å². The van der Waals surface area contributed by atoms with E-state index in [0.29, 0.717) is 28.9 Å². The lowest BCUT2D eigenvalue weighted by Crippen LogP contribution is -2.53. The second-order valence-electron chi connectivity index (χ2n) is 8.81. The van der Waals surface area contributed by atoms with Crippen molar-refractivity contribution in [3.8, 4) is 0 Å². The van der Waals surface area contributed by atoms with E-state index >= 15 is 0 Å². The fraction of sp³-hybridized carbons (Fsp3) is 0.269.